The van der Waals surface area contributed by atoms with Crippen molar-refractivity contribution in [2.75, 3.05) is 4.90 Å². The van der Waals surface area contributed by atoms with Gasteiger partial charge in [0.15, 0.2) is 0 Å². The lowest BCUT2D eigenvalue weighted by molar-refractivity contribution is -0.116. The molecule has 3 aliphatic heterocycles. The van der Waals surface area contributed by atoms with E-state index in [0.717, 1.165) is 33.7 Å². The number of anilines is 1. The minimum atomic E-state index is -0.605. The van der Waals surface area contributed by atoms with Gasteiger partial charge in [-0.2, -0.15) is 0 Å². The number of hydrogen-bond donors (Lipinski definition) is 1. The number of esters is 1. The number of hydrogen-bond acceptors (Lipinski definition) is 6. The number of nitrogens with zero attached hydrogens (tertiary/aromatic N) is 1. The molecule has 8 heteroatoms. The Balaban J connectivity index is 1.52. The maximum Gasteiger partial charge on any atom is 0.344 e. The number of carbonyl (C=O) groups excluding carboxylic acids is 3. The molecular weight excluding hydrogens is 492 g/mol. The molecule has 36 heavy (non-hydrogen) atoms. The first kappa shape index (κ1) is 22.7. The molecule has 3 aromatic rings. The van der Waals surface area contributed by atoms with Gasteiger partial charge in [0.2, 0.25) is 0 Å². The van der Waals surface area contributed by atoms with Gasteiger partial charge in [0.05, 0.1) is 27.3 Å². The average Bonchev–Trinajstić information content (AvgIpc) is 3.31. The fourth-order valence-corrected chi connectivity index (χ4v) is 6.33. The number of carbonyl (C=O) groups is 3. The number of amides is 2. The first-order valence-electron chi connectivity index (χ1n) is 11.4. The Labute approximate surface area is 217 Å². The zero-order valence-electron chi connectivity index (χ0n) is 19.7. The number of rotatable bonds is 2. The van der Waals surface area contributed by atoms with E-state index in [9.17, 15) is 14.4 Å². The summed E-state index contributed by atoms with van der Waals surface area (Å²) in [6.07, 6.45) is 2.01. The highest BCUT2D eigenvalue weighted by molar-refractivity contribution is 8.27. The lowest BCUT2D eigenvalue weighted by Gasteiger charge is -2.38. The number of thioether (sulfide) groups is 1. The van der Waals surface area contributed by atoms with Gasteiger partial charge in [-0.15, -0.1) is 0 Å². The quantitative estimate of drug-likeness (QED) is 0.213. The van der Waals surface area contributed by atoms with Crippen LogP contribution < -0.4 is 15.0 Å². The van der Waals surface area contributed by atoms with Crippen LogP contribution in [0.4, 0.5) is 5.69 Å². The highest BCUT2D eigenvalue weighted by Crippen LogP contribution is 2.52. The van der Waals surface area contributed by atoms with Gasteiger partial charge in [0.1, 0.15) is 10.1 Å². The summed E-state index contributed by atoms with van der Waals surface area (Å²) in [5.41, 5.74) is 3.11. The van der Waals surface area contributed by atoms with Crippen LogP contribution in [0.5, 0.6) is 5.75 Å². The minimum Gasteiger partial charge on any atom is -0.423 e. The molecule has 0 bridgehead atoms. The van der Waals surface area contributed by atoms with Crippen LogP contribution in [-0.4, -0.2) is 27.6 Å². The fraction of sp³-hybridized carbons (Fsp3) is 0.143. The Morgan fingerprint density at radius 1 is 1.06 bits per heavy atom. The normalized spacial score (nSPS) is 19.9. The van der Waals surface area contributed by atoms with E-state index in [-0.39, 0.29) is 16.4 Å². The minimum absolute atomic E-state index is 0.257. The largest absolute Gasteiger partial charge is 0.423 e. The Morgan fingerprint density at radius 3 is 2.53 bits per heavy atom. The van der Waals surface area contributed by atoms with E-state index < -0.39 is 17.4 Å². The van der Waals surface area contributed by atoms with E-state index in [1.165, 1.54) is 0 Å². The summed E-state index contributed by atoms with van der Waals surface area (Å²) >= 11 is 6.25. The van der Waals surface area contributed by atoms with Gasteiger partial charge in [0, 0.05) is 11.1 Å². The lowest BCUT2D eigenvalue weighted by Crippen LogP contribution is -2.46. The van der Waals surface area contributed by atoms with E-state index in [1.807, 2.05) is 63.2 Å². The van der Waals surface area contributed by atoms with Gasteiger partial charge in [-0.25, -0.2) is 4.79 Å². The van der Waals surface area contributed by atoms with Gasteiger partial charge in [-0.3, -0.25) is 14.5 Å². The maximum absolute atomic E-state index is 13.7. The topological polar surface area (TPSA) is 75.7 Å². The molecule has 0 radical (unpaired) electrons. The molecule has 0 atom stereocenters. The predicted molar refractivity (Wildman–Crippen MR) is 146 cm³/mol. The summed E-state index contributed by atoms with van der Waals surface area (Å²) < 4.78 is 6.18. The number of benzene rings is 3. The molecule has 3 aliphatic rings. The van der Waals surface area contributed by atoms with Crippen LogP contribution in [0.3, 0.4) is 0 Å². The Bertz CT molecular complexity index is 1630. The van der Waals surface area contributed by atoms with Crippen LogP contribution in [0.15, 0.2) is 65.6 Å². The second-order valence-corrected chi connectivity index (χ2v) is 11.1. The van der Waals surface area contributed by atoms with Crippen LogP contribution in [0.1, 0.15) is 42.3 Å². The van der Waals surface area contributed by atoms with Crippen molar-refractivity contribution in [3.8, 4) is 5.75 Å². The van der Waals surface area contributed by atoms with Crippen LogP contribution in [0.25, 0.3) is 21.9 Å². The SMILES string of the molecule is CC1=CC(C)(C)N2C(=O)C(=C3SC(=S)NC3=O)c3cc(OC(=O)c4cccc5ccccc45)cc1c32. The third kappa shape index (κ3) is 3.32. The summed E-state index contributed by atoms with van der Waals surface area (Å²) in [5.74, 6) is -0.878. The van der Waals surface area contributed by atoms with Gasteiger partial charge < -0.3 is 10.1 Å². The van der Waals surface area contributed by atoms with Crippen molar-refractivity contribution < 1.29 is 19.1 Å². The van der Waals surface area contributed by atoms with E-state index in [1.54, 1.807) is 23.1 Å². The summed E-state index contributed by atoms with van der Waals surface area (Å²) in [6, 6.07) is 16.6. The van der Waals surface area contributed by atoms with Crippen LogP contribution >= 0.6 is 24.0 Å². The molecule has 1 saturated heterocycles. The second-order valence-electron chi connectivity index (χ2n) is 9.45. The third-order valence-corrected chi connectivity index (χ3v) is 7.86. The smallest absolute Gasteiger partial charge is 0.344 e. The van der Waals surface area contributed by atoms with Crippen molar-refractivity contribution in [2.24, 2.45) is 0 Å². The summed E-state index contributed by atoms with van der Waals surface area (Å²) in [4.78, 5) is 41.7. The van der Waals surface area contributed by atoms with E-state index >= 15 is 0 Å². The van der Waals surface area contributed by atoms with Crippen molar-refractivity contribution in [2.45, 2.75) is 26.3 Å². The Morgan fingerprint density at radius 2 is 1.78 bits per heavy atom. The number of nitrogens with one attached hydrogen (secondary N) is 1. The average molecular weight is 513 g/mol. The molecule has 6 rings (SSSR count). The molecule has 0 unspecified atom stereocenters. The van der Waals surface area contributed by atoms with Crippen molar-refractivity contribution in [3.63, 3.8) is 0 Å². The molecular formula is C28H20N2O4S2. The van der Waals surface area contributed by atoms with Crippen molar-refractivity contribution in [3.05, 3.63) is 82.3 Å². The van der Waals surface area contributed by atoms with Gasteiger partial charge in [0.25, 0.3) is 11.8 Å². The van der Waals surface area contributed by atoms with Gasteiger partial charge in [-0.05, 0) is 55.3 Å². The number of allylic oxidation sites excluding steroid dienone is 1. The maximum atomic E-state index is 13.7. The van der Waals surface area contributed by atoms with E-state index in [0.29, 0.717) is 26.9 Å². The highest BCUT2D eigenvalue weighted by atomic mass is 32.2. The lowest BCUT2D eigenvalue weighted by atomic mass is 9.89. The molecule has 0 spiro atoms. The molecule has 3 aromatic carbocycles. The standard InChI is InChI=1S/C28H20N2O4S2/c1-14-13-28(2,3)30-22-19(14)11-16(12-20(22)21(25(30)32)23-24(31)29-27(35)36-23)34-26(33)18-10-6-8-15-7-4-5-9-17(15)18/h4-13H,1-3H3,(H,29,31,35). The van der Waals surface area contributed by atoms with Crippen LogP contribution in [0, 0.1) is 0 Å². The fourth-order valence-electron chi connectivity index (χ4n) is 5.21. The zero-order valence-corrected chi connectivity index (χ0v) is 21.3. The molecule has 6 nitrogen and oxygen atoms in total. The molecule has 1 N–H and O–H groups in total. The van der Waals surface area contributed by atoms with Crippen molar-refractivity contribution >= 4 is 73.7 Å². The zero-order chi connectivity index (χ0) is 25.4. The van der Waals surface area contributed by atoms with E-state index in [4.69, 9.17) is 17.0 Å². The van der Waals surface area contributed by atoms with E-state index in [2.05, 4.69) is 5.32 Å². The molecule has 0 aliphatic carbocycles. The number of thiocarbonyl (C=S) groups is 1. The first-order chi connectivity index (χ1) is 17.2. The van der Waals surface area contributed by atoms with Crippen molar-refractivity contribution in [1.82, 2.24) is 5.32 Å². The predicted octanol–water partition coefficient (Wildman–Crippen LogP) is 5.46. The molecule has 3 heterocycles. The third-order valence-electron chi connectivity index (χ3n) is 6.63. The molecule has 178 valence electrons. The monoisotopic (exact) mass is 512 g/mol. The summed E-state index contributed by atoms with van der Waals surface area (Å²) in [6.45, 7) is 5.87. The molecule has 2 amide bonds. The Kier molecular flexibility index (Phi) is 4.97. The molecule has 0 aromatic heterocycles. The van der Waals surface area contributed by atoms with Gasteiger partial charge in [-0.1, -0.05) is 66.5 Å². The number of fused-ring (bicyclic) bond motifs is 1. The number of ether oxygens (including phenoxy) is 1. The summed E-state index contributed by atoms with van der Waals surface area (Å²) in [7, 11) is 0. The van der Waals surface area contributed by atoms with Gasteiger partial charge >= 0.3 is 5.97 Å². The summed E-state index contributed by atoms with van der Waals surface area (Å²) in [5, 5.41) is 4.33. The molecule has 1 fully saturated rings. The highest BCUT2D eigenvalue weighted by Gasteiger charge is 2.47. The van der Waals surface area contributed by atoms with Crippen LogP contribution in [-0.2, 0) is 9.59 Å². The molecule has 0 saturated carbocycles. The second kappa shape index (κ2) is 7.88. The first-order valence-corrected chi connectivity index (χ1v) is 12.6. The Hall–Kier alpha value is -3.75. The van der Waals surface area contributed by atoms with Crippen LogP contribution in [0.2, 0.25) is 0 Å². The van der Waals surface area contributed by atoms with Crippen molar-refractivity contribution in [1.29, 1.82) is 0 Å².